The molecule has 86 valence electrons. The van der Waals surface area contributed by atoms with Crippen molar-refractivity contribution in [3.05, 3.63) is 35.5 Å². The Bertz CT molecular complexity index is 282. The minimum Gasteiger partial charge on any atom is -0.389 e. The molecule has 0 aromatic carbocycles. The first-order valence-corrected chi connectivity index (χ1v) is 5.55. The van der Waals surface area contributed by atoms with Gasteiger partial charge in [-0.15, -0.1) is 0 Å². The van der Waals surface area contributed by atoms with E-state index in [0.29, 0.717) is 5.92 Å². The van der Waals surface area contributed by atoms with Crippen LogP contribution in [0.4, 0.5) is 0 Å². The average molecular weight is 208 g/mol. The lowest BCUT2D eigenvalue weighted by atomic mass is 9.86. The van der Waals surface area contributed by atoms with Crippen LogP contribution in [-0.4, -0.2) is 11.2 Å². The fourth-order valence-corrected chi connectivity index (χ4v) is 1.71. The molecule has 2 unspecified atom stereocenters. The van der Waals surface area contributed by atoms with Crippen LogP contribution in [0.3, 0.4) is 0 Å². The molecule has 0 saturated heterocycles. The second-order valence-electron chi connectivity index (χ2n) is 4.27. The van der Waals surface area contributed by atoms with E-state index >= 15 is 0 Å². The van der Waals surface area contributed by atoms with E-state index in [1.54, 1.807) is 6.92 Å². The molecule has 0 radical (unpaired) electrons. The Labute approximate surface area is 94.2 Å². The van der Waals surface area contributed by atoms with Crippen molar-refractivity contribution in [2.45, 2.75) is 47.1 Å². The summed E-state index contributed by atoms with van der Waals surface area (Å²) in [6, 6.07) is 0. The standard InChI is InChI=1S/C14H24O/c1-8-14(10(4)9(2)3)12(6)11(5)13(7)15/h10,13,15H,2,5,8H2,1,3-4,6-7H3. The molecule has 0 spiro atoms. The summed E-state index contributed by atoms with van der Waals surface area (Å²) in [6.07, 6.45) is 0.509. The lowest BCUT2D eigenvalue weighted by Crippen LogP contribution is -2.09. The molecule has 0 aromatic rings. The van der Waals surface area contributed by atoms with E-state index in [2.05, 4.69) is 27.0 Å². The Morgan fingerprint density at radius 1 is 1.20 bits per heavy atom. The van der Waals surface area contributed by atoms with E-state index in [1.165, 1.54) is 5.57 Å². The van der Waals surface area contributed by atoms with Crippen LogP contribution in [0, 0.1) is 5.92 Å². The molecule has 2 atom stereocenters. The summed E-state index contributed by atoms with van der Waals surface area (Å²) in [7, 11) is 0. The fraction of sp³-hybridized carbons (Fsp3) is 0.571. The van der Waals surface area contributed by atoms with Gasteiger partial charge >= 0.3 is 0 Å². The van der Waals surface area contributed by atoms with Gasteiger partial charge in [-0.3, -0.25) is 0 Å². The van der Waals surface area contributed by atoms with E-state index in [4.69, 9.17) is 0 Å². The second-order valence-corrected chi connectivity index (χ2v) is 4.27. The molecule has 0 aromatic heterocycles. The predicted molar refractivity (Wildman–Crippen MR) is 67.8 cm³/mol. The van der Waals surface area contributed by atoms with Crippen molar-refractivity contribution in [1.82, 2.24) is 0 Å². The minimum absolute atomic E-state index is 0.366. The Balaban J connectivity index is 5.15. The third kappa shape index (κ3) is 3.67. The zero-order chi connectivity index (χ0) is 12.2. The van der Waals surface area contributed by atoms with Crippen LogP contribution in [0.1, 0.15) is 41.0 Å². The van der Waals surface area contributed by atoms with Crippen LogP contribution < -0.4 is 0 Å². The van der Waals surface area contributed by atoms with Crippen LogP contribution in [-0.2, 0) is 0 Å². The summed E-state index contributed by atoms with van der Waals surface area (Å²) in [6.45, 7) is 18.0. The number of hydrogen-bond acceptors (Lipinski definition) is 1. The van der Waals surface area contributed by atoms with E-state index in [-0.39, 0.29) is 0 Å². The lowest BCUT2D eigenvalue weighted by Gasteiger charge is -2.20. The smallest absolute Gasteiger partial charge is 0.0758 e. The topological polar surface area (TPSA) is 20.2 Å². The molecule has 1 nitrogen and oxygen atoms in total. The van der Waals surface area contributed by atoms with Crippen molar-refractivity contribution in [3.63, 3.8) is 0 Å². The third-order valence-electron chi connectivity index (χ3n) is 3.11. The first-order valence-electron chi connectivity index (χ1n) is 5.55. The Morgan fingerprint density at radius 3 is 1.93 bits per heavy atom. The average Bonchev–Trinajstić information content (AvgIpc) is 2.16. The molecule has 0 saturated carbocycles. The molecule has 0 aliphatic carbocycles. The third-order valence-corrected chi connectivity index (χ3v) is 3.11. The van der Waals surface area contributed by atoms with Gasteiger partial charge < -0.3 is 5.11 Å². The Hall–Kier alpha value is -0.820. The normalized spacial score (nSPS) is 16.7. The maximum Gasteiger partial charge on any atom is 0.0758 e. The van der Waals surface area contributed by atoms with Crippen molar-refractivity contribution >= 4 is 0 Å². The molecule has 0 heterocycles. The molecule has 0 aliphatic rings. The van der Waals surface area contributed by atoms with Crippen molar-refractivity contribution < 1.29 is 5.11 Å². The molecule has 1 N–H and O–H groups in total. The van der Waals surface area contributed by atoms with Gasteiger partial charge in [0.15, 0.2) is 0 Å². The second kappa shape index (κ2) is 5.92. The molecule has 0 rings (SSSR count). The van der Waals surface area contributed by atoms with Gasteiger partial charge in [0.2, 0.25) is 0 Å². The molecular formula is C14H24O. The maximum absolute atomic E-state index is 9.50. The first kappa shape index (κ1) is 14.2. The number of aliphatic hydroxyl groups is 1. The highest BCUT2D eigenvalue weighted by atomic mass is 16.3. The molecule has 0 amide bonds. The summed E-state index contributed by atoms with van der Waals surface area (Å²) < 4.78 is 0. The highest BCUT2D eigenvalue weighted by Crippen LogP contribution is 2.28. The zero-order valence-corrected chi connectivity index (χ0v) is 10.7. The Morgan fingerprint density at radius 2 is 1.67 bits per heavy atom. The minimum atomic E-state index is -0.469. The summed E-state index contributed by atoms with van der Waals surface area (Å²) in [4.78, 5) is 0. The van der Waals surface area contributed by atoms with Gasteiger partial charge in [-0.1, -0.05) is 38.2 Å². The van der Waals surface area contributed by atoms with Crippen LogP contribution >= 0.6 is 0 Å². The number of hydrogen-bond donors (Lipinski definition) is 1. The van der Waals surface area contributed by atoms with Crippen molar-refractivity contribution in [2.24, 2.45) is 5.92 Å². The molecule has 15 heavy (non-hydrogen) atoms. The molecule has 0 fully saturated rings. The maximum atomic E-state index is 9.50. The number of aliphatic hydroxyl groups excluding tert-OH is 1. The summed E-state index contributed by atoms with van der Waals surface area (Å²) >= 11 is 0. The van der Waals surface area contributed by atoms with Crippen LogP contribution in [0.2, 0.25) is 0 Å². The summed E-state index contributed by atoms with van der Waals surface area (Å²) in [5, 5.41) is 9.50. The van der Waals surface area contributed by atoms with Crippen molar-refractivity contribution in [2.75, 3.05) is 0 Å². The molecule has 0 aliphatic heterocycles. The van der Waals surface area contributed by atoms with Gasteiger partial charge in [0.05, 0.1) is 6.10 Å². The van der Waals surface area contributed by atoms with Gasteiger partial charge in [0.25, 0.3) is 0 Å². The SMILES string of the molecule is C=C(C(C)=C(CC)C(C)C(=C)C)C(C)O. The van der Waals surface area contributed by atoms with E-state index in [9.17, 15) is 5.11 Å². The van der Waals surface area contributed by atoms with E-state index < -0.39 is 6.10 Å². The van der Waals surface area contributed by atoms with E-state index in [1.807, 2.05) is 13.8 Å². The van der Waals surface area contributed by atoms with Gasteiger partial charge in [-0.2, -0.15) is 0 Å². The number of rotatable bonds is 5. The van der Waals surface area contributed by atoms with Crippen molar-refractivity contribution in [3.8, 4) is 0 Å². The Kier molecular flexibility index (Phi) is 5.59. The van der Waals surface area contributed by atoms with Crippen LogP contribution in [0.25, 0.3) is 0 Å². The van der Waals surface area contributed by atoms with Crippen LogP contribution in [0.5, 0.6) is 0 Å². The largest absolute Gasteiger partial charge is 0.389 e. The fourth-order valence-electron chi connectivity index (χ4n) is 1.71. The van der Waals surface area contributed by atoms with Gasteiger partial charge in [0.1, 0.15) is 0 Å². The summed E-state index contributed by atoms with van der Waals surface area (Å²) in [5.41, 5.74) is 4.43. The monoisotopic (exact) mass is 208 g/mol. The van der Waals surface area contributed by atoms with Gasteiger partial charge in [-0.05, 0) is 44.3 Å². The number of allylic oxidation sites excluding steroid dienone is 2. The van der Waals surface area contributed by atoms with E-state index in [0.717, 1.165) is 23.1 Å². The van der Waals surface area contributed by atoms with Gasteiger partial charge in [-0.25, -0.2) is 0 Å². The van der Waals surface area contributed by atoms with Crippen LogP contribution in [0.15, 0.2) is 35.5 Å². The van der Waals surface area contributed by atoms with Crippen molar-refractivity contribution in [1.29, 1.82) is 0 Å². The quantitative estimate of drug-likeness (QED) is 0.537. The molecule has 0 bridgehead atoms. The molecule has 1 heteroatoms. The highest BCUT2D eigenvalue weighted by molar-refractivity contribution is 5.36. The molecular weight excluding hydrogens is 184 g/mol. The summed E-state index contributed by atoms with van der Waals surface area (Å²) in [5.74, 6) is 0.366. The predicted octanol–water partition coefficient (Wildman–Crippen LogP) is 3.86. The first-order chi connectivity index (χ1) is 6.82. The highest BCUT2D eigenvalue weighted by Gasteiger charge is 2.14. The zero-order valence-electron chi connectivity index (χ0n) is 10.7. The lowest BCUT2D eigenvalue weighted by molar-refractivity contribution is 0.234. The van der Waals surface area contributed by atoms with Gasteiger partial charge in [0, 0.05) is 0 Å².